The molecule has 20 heavy (non-hydrogen) atoms. The van der Waals surface area contributed by atoms with Gasteiger partial charge in [0.25, 0.3) is 0 Å². The number of carboxylic acid groups (broad SMARTS) is 2. The number of hydrogen-bond acceptors (Lipinski definition) is 4. The molecule has 6 heteroatoms. The quantitative estimate of drug-likeness (QED) is 0.499. The van der Waals surface area contributed by atoms with Crippen molar-refractivity contribution in [3.63, 3.8) is 0 Å². The number of hydrogen-bond donors (Lipinski definition) is 2. The van der Waals surface area contributed by atoms with Gasteiger partial charge in [0.15, 0.2) is 0 Å². The second kappa shape index (κ2) is 5.48. The van der Waals surface area contributed by atoms with Crippen molar-refractivity contribution in [1.29, 1.82) is 0 Å². The smallest absolute Gasteiger partial charge is 0.328 e. The number of azo groups is 1. The van der Waals surface area contributed by atoms with Gasteiger partial charge in [-0.05, 0) is 12.1 Å². The van der Waals surface area contributed by atoms with Crippen LogP contribution in [0.3, 0.4) is 0 Å². The lowest BCUT2D eigenvalue weighted by atomic mass is 9.83. The van der Waals surface area contributed by atoms with Crippen LogP contribution in [0.4, 0.5) is 5.69 Å². The van der Waals surface area contributed by atoms with Crippen LogP contribution in [0.15, 0.2) is 64.9 Å². The van der Waals surface area contributed by atoms with Crippen LogP contribution >= 0.6 is 0 Å². The Morgan fingerprint density at radius 3 is 2.05 bits per heavy atom. The zero-order chi connectivity index (χ0) is 14.6. The van der Waals surface area contributed by atoms with Crippen molar-refractivity contribution in [2.45, 2.75) is 6.04 Å². The molecule has 1 aliphatic carbocycles. The molecule has 1 aliphatic rings. The molecule has 0 aromatic heterocycles. The Balaban J connectivity index is 2.14. The SMILES string of the molecule is O=C(O)C1(C(=O)O)C=CC(/N=N/c2ccccc2)C=C1. The van der Waals surface area contributed by atoms with Gasteiger partial charge in [-0.3, -0.25) is 9.59 Å². The second-order valence-corrected chi connectivity index (χ2v) is 4.24. The van der Waals surface area contributed by atoms with E-state index in [1.165, 1.54) is 12.2 Å². The first-order valence-corrected chi connectivity index (χ1v) is 5.86. The van der Waals surface area contributed by atoms with Gasteiger partial charge in [0, 0.05) is 0 Å². The van der Waals surface area contributed by atoms with Crippen molar-refractivity contribution in [3.05, 3.63) is 54.6 Å². The first-order chi connectivity index (χ1) is 9.54. The van der Waals surface area contributed by atoms with Gasteiger partial charge in [0.1, 0.15) is 6.04 Å². The van der Waals surface area contributed by atoms with Gasteiger partial charge < -0.3 is 10.2 Å². The van der Waals surface area contributed by atoms with E-state index in [9.17, 15) is 9.59 Å². The van der Waals surface area contributed by atoms with E-state index < -0.39 is 23.4 Å². The van der Waals surface area contributed by atoms with E-state index in [-0.39, 0.29) is 0 Å². The molecule has 2 rings (SSSR count). The molecule has 0 aliphatic heterocycles. The molecule has 0 unspecified atom stereocenters. The Bertz CT molecular complexity index is 575. The van der Waals surface area contributed by atoms with Gasteiger partial charge in [0.2, 0.25) is 5.41 Å². The molecule has 0 amide bonds. The largest absolute Gasteiger partial charge is 0.480 e. The van der Waals surface area contributed by atoms with Crippen molar-refractivity contribution >= 4 is 17.6 Å². The van der Waals surface area contributed by atoms with Crippen LogP contribution in [0.25, 0.3) is 0 Å². The van der Waals surface area contributed by atoms with E-state index in [0.29, 0.717) is 5.69 Å². The second-order valence-electron chi connectivity index (χ2n) is 4.24. The van der Waals surface area contributed by atoms with Gasteiger partial charge in [-0.25, -0.2) is 0 Å². The standard InChI is InChI=1S/C14H12N2O4/c17-12(18)14(13(19)20)8-6-11(7-9-14)16-15-10-4-2-1-3-5-10/h1-9,11H,(H,17,18)(H,19,20)/b16-15+. The van der Waals surface area contributed by atoms with E-state index >= 15 is 0 Å². The average molecular weight is 272 g/mol. The number of rotatable bonds is 4. The number of nitrogens with zero attached hydrogens (tertiary/aromatic N) is 2. The summed E-state index contributed by atoms with van der Waals surface area (Å²) >= 11 is 0. The summed E-state index contributed by atoms with van der Waals surface area (Å²) < 4.78 is 0. The molecule has 102 valence electrons. The Labute approximate surface area is 114 Å². The molecule has 0 bridgehead atoms. The van der Waals surface area contributed by atoms with Crippen LogP contribution in [-0.4, -0.2) is 28.2 Å². The highest BCUT2D eigenvalue weighted by Gasteiger charge is 2.43. The molecule has 0 saturated heterocycles. The third-order valence-electron chi connectivity index (χ3n) is 2.88. The number of aliphatic carboxylic acids is 2. The summed E-state index contributed by atoms with van der Waals surface area (Å²) in [6, 6.07) is 8.58. The maximum atomic E-state index is 11.1. The summed E-state index contributed by atoms with van der Waals surface area (Å²) in [7, 11) is 0. The van der Waals surface area contributed by atoms with Crippen LogP contribution in [0.5, 0.6) is 0 Å². The van der Waals surface area contributed by atoms with Crippen LogP contribution in [0.2, 0.25) is 0 Å². The Hall–Kier alpha value is -2.76. The van der Waals surface area contributed by atoms with E-state index in [4.69, 9.17) is 10.2 Å². The molecular weight excluding hydrogens is 260 g/mol. The molecule has 6 nitrogen and oxygen atoms in total. The van der Waals surface area contributed by atoms with Crippen LogP contribution in [0.1, 0.15) is 0 Å². The lowest BCUT2D eigenvalue weighted by Crippen LogP contribution is -2.37. The molecule has 0 heterocycles. The summed E-state index contributed by atoms with van der Waals surface area (Å²) in [4.78, 5) is 22.1. The molecule has 0 spiro atoms. The fourth-order valence-corrected chi connectivity index (χ4v) is 1.70. The highest BCUT2D eigenvalue weighted by molar-refractivity contribution is 6.03. The Morgan fingerprint density at radius 1 is 1.00 bits per heavy atom. The minimum absolute atomic E-state index is 0.470. The molecule has 2 N–H and O–H groups in total. The number of carboxylic acids is 2. The fraction of sp³-hybridized carbons (Fsp3) is 0.143. The van der Waals surface area contributed by atoms with Gasteiger partial charge in [-0.1, -0.05) is 42.5 Å². The van der Waals surface area contributed by atoms with Crippen LogP contribution < -0.4 is 0 Å². The predicted molar refractivity (Wildman–Crippen MR) is 70.7 cm³/mol. The summed E-state index contributed by atoms with van der Waals surface area (Å²) in [6.45, 7) is 0. The fourth-order valence-electron chi connectivity index (χ4n) is 1.70. The Kier molecular flexibility index (Phi) is 3.74. The van der Waals surface area contributed by atoms with Crippen molar-refractivity contribution in [3.8, 4) is 0 Å². The lowest BCUT2D eigenvalue weighted by Gasteiger charge is -2.20. The predicted octanol–water partition coefficient (Wildman–Crippen LogP) is 2.42. The van der Waals surface area contributed by atoms with Crippen molar-refractivity contribution in [2.75, 3.05) is 0 Å². The summed E-state index contributed by atoms with van der Waals surface area (Å²) in [5, 5.41) is 26.0. The first kappa shape index (κ1) is 13.7. The Morgan fingerprint density at radius 2 is 1.55 bits per heavy atom. The van der Waals surface area contributed by atoms with Gasteiger partial charge >= 0.3 is 11.9 Å². The van der Waals surface area contributed by atoms with E-state index in [0.717, 1.165) is 12.2 Å². The lowest BCUT2D eigenvalue weighted by molar-refractivity contribution is -0.157. The molecule has 1 aromatic carbocycles. The molecular formula is C14H12N2O4. The zero-order valence-corrected chi connectivity index (χ0v) is 10.4. The first-order valence-electron chi connectivity index (χ1n) is 5.86. The third kappa shape index (κ3) is 2.64. The molecule has 1 aromatic rings. The van der Waals surface area contributed by atoms with Crippen LogP contribution in [-0.2, 0) is 9.59 Å². The van der Waals surface area contributed by atoms with Crippen molar-refractivity contribution < 1.29 is 19.8 Å². The minimum atomic E-state index is -2.02. The van der Waals surface area contributed by atoms with Crippen LogP contribution in [0, 0.1) is 5.41 Å². The van der Waals surface area contributed by atoms with Gasteiger partial charge in [0.05, 0.1) is 5.69 Å². The van der Waals surface area contributed by atoms with E-state index in [1.807, 2.05) is 18.2 Å². The molecule has 0 atom stereocenters. The van der Waals surface area contributed by atoms with Crippen molar-refractivity contribution in [2.24, 2.45) is 15.6 Å². The van der Waals surface area contributed by atoms with E-state index in [2.05, 4.69) is 10.2 Å². The highest BCUT2D eigenvalue weighted by atomic mass is 16.4. The molecule has 0 radical (unpaired) electrons. The van der Waals surface area contributed by atoms with Crippen molar-refractivity contribution in [1.82, 2.24) is 0 Å². The van der Waals surface area contributed by atoms with Gasteiger partial charge in [-0.15, -0.1) is 0 Å². The van der Waals surface area contributed by atoms with Gasteiger partial charge in [-0.2, -0.15) is 10.2 Å². The summed E-state index contributed by atoms with van der Waals surface area (Å²) in [5.74, 6) is -2.87. The monoisotopic (exact) mass is 272 g/mol. The molecule has 0 fully saturated rings. The average Bonchev–Trinajstić information content (AvgIpc) is 2.46. The maximum absolute atomic E-state index is 11.1. The normalized spacial score (nSPS) is 17.4. The number of benzene rings is 1. The highest BCUT2D eigenvalue weighted by Crippen LogP contribution is 2.27. The number of carbonyl (C=O) groups is 2. The minimum Gasteiger partial charge on any atom is -0.480 e. The topological polar surface area (TPSA) is 99.3 Å². The molecule has 0 saturated carbocycles. The van der Waals surface area contributed by atoms with E-state index in [1.54, 1.807) is 12.1 Å². The third-order valence-corrected chi connectivity index (χ3v) is 2.88. The summed E-state index contributed by atoms with van der Waals surface area (Å²) in [6.07, 6.45) is 5.06. The summed E-state index contributed by atoms with van der Waals surface area (Å²) in [5.41, 5.74) is -1.35. The zero-order valence-electron chi connectivity index (χ0n) is 10.4. The maximum Gasteiger partial charge on any atom is 0.328 e.